The first-order chi connectivity index (χ1) is 9.37. The molecule has 1 atom stereocenters. The van der Waals surface area contributed by atoms with Gasteiger partial charge in [0.15, 0.2) is 0 Å². The van der Waals surface area contributed by atoms with Crippen LogP contribution < -0.4 is 5.32 Å². The number of halogens is 2. The first-order valence-electron chi connectivity index (χ1n) is 7.01. The fraction of sp³-hybridized carbons (Fsp3) is 0.846. The molecule has 1 saturated heterocycles. The normalized spacial score (nSPS) is 26.5. The van der Waals surface area contributed by atoms with Crippen LogP contribution in [0.5, 0.6) is 0 Å². The monoisotopic (exact) mass is 290 g/mol. The molecule has 2 amide bonds. The van der Waals surface area contributed by atoms with Gasteiger partial charge in [-0.2, -0.15) is 0 Å². The average Bonchev–Trinajstić information content (AvgIpc) is 2.87. The number of amides is 2. The standard InChI is InChI=1S/C13H20F2N2O3/c14-13(15)4-1-9(2-5-13)7-16-12(20)17-6-3-10(8-17)11(18)19/h9-10H,1-8H2,(H,16,20)(H,18,19). The van der Waals surface area contributed by atoms with E-state index in [1.165, 1.54) is 4.90 Å². The molecule has 0 bridgehead atoms. The number of hydrogen-bond donors (Lipinski definition) is 2. The molecule has 20 heavy (non-hydrogen) atoms. The Kier molecular flexibility index (Phi) is 4.45. The minimum Gasteiger partial charge on any atom is -0.481 e. The van der Waals surface area contributed by atoms with E-state index in [2.05, 4.69) is 5.32 Å². The summed E-state index contributed by atoms with van der Waals surface area (Å²) in [7, 11) is 0. The van der Waals surface area contributed by atoms with Crippen molar-refractivity contribution in [2.45, 2.75) is 38.0 Å². The Morgan fingerprint density at radius 2 is 1.90 bits per heavy atom. The molecule has 1 saturated carbocycles. The second-order valence-electron chi connectivity index (χ2n) is 5.76. The Morgan fingerprint density at radius 3 is 2.45 bits per heavy atom. The van der Waals surface area contributed by atoms with Gasteiger partial charge in [0.25, 0.3) is 0 Å². The molecule has 2 aliphatic rings. The van der Waals surface area contributed by atoms with Gasteiger partial charge in [0.1, 0.15) is 0 Å². The third-order valence-electron chi connectivity index (χ3n) is 4.20. The lowest BCUT2D eigenvalue weighted by molar-refractivity contribution is -0.141. The van der Waals surface area contributed by atoms with Crippen molar-refractivity contribution < 1.29 is 23.5 Å². The molecule has 0 radical (unpaired) electrons. The fourth-order valence-electron chi connectivity index (χ4n) is 2.79. The van der Waals surface area contributed by atoms with E-state index >= 15 is 0 Å². The second kappa shape index (κ2) is 5.93. The summed E-state index contributed by atoms with van der Waals surface area (Å²) in [4.78, 5) is 24.1. The van der Waals surface area contributed by atoms with Gasteiger partial charge < -0.3 is 15.3 Å². The van der Waals surface area contributed by atoms with Crippen LogP contribution in [0.15, 0.2) is 0 Å². The summed E-state index contributed by atoms with van der Waals surface area (Å²) in [6, 6.07) is -0.286. The van der Waals surface area contributed by atoms with Crippen molar-refractivity contribution in [1.82, 2.24) is 10.2 Å². The molecular weight excluding hydrogens is 270 g/mol. The molecular formula is C13H20F2N2O3. The number of likely N-dealkylation sites (tertiary alicyclic amines) is 1. The first kappa shape index (κ1) is 15.0. The lowest BCUT2D eigenvalue weighted by atomic mass is 9.87. The zero-order valence-corrected chi connectivity index (χ0v) is 11.3. The maximum atomic E-state index is 13.0. The van der Waals surface area contributed by atoms with E-state index in [0.29, 0.717) is 32.4 Å². The molecule has 7 heteroatoms. The van der Waals surface area contributed by atoms with Gasteiger partial charge in [-0.25, -0.2) is 13.6 Å². The summed E-state index contributed by atoms with van der Waals surface area (Å²) < 4.78 is 26.0. The Balaban J connectivity index is 1.70. The highest BCUT2D eigenvalue weighted by Crippen LogP contribution is 2.35. The van der Waals surface area contributed by atoms with E-state index < -0.39 is 17.8 Å². The van der Waals surface area contributed by atoms with Gasteiger partial charge in [0, 0.05) is 32.5 Å². The maximum absolute atomic E-state index is 13.0. The SMILES string of the molecule is O=C(O)C1CCN(C(=O)NCC2CCC(F)(F)CC2)C1. The number of urea groups is 1. The van der Waals surface area contributed by atoms with Gasteiger partial charge in [-0.3, -0.25) is 4.79 Å². The predicted octanol–water partition coefficient (Wildman–Crippen LogP) is 1.93. The van der Waals surface area contributed by atoms with Crippen molar-refractivity contribution in [2.75, 3.05) is 19.6 Å². The van der Waals surface area contributed by atoms with Crippen molar-refractivity contribution >= 4 is 12.0 Å². The van der Waals surface area contributed by atoms with E-state index in [0.717, 1.165) is 0 Å². The molecule has 2 rings (SSSR count). The lowest BCUT2D eigenvalue weighted by Gasteiger charge is -2.28. The predicted molar refractivity (Wildman–Crippen MR) is 67.6 cm³/mol. The number of nitrogens with zero attached hydrogens (tertiary/aromatic N) is 1. The van der Waals surface area contributed by atoms with Crippen LogP contribution in [-0.2, 0) is 4.79 Å². The number of hydrogen-bond acceptors (Lipinski definition) is 2. The van der Waals surface area contributed by atoms with Crippen LogP contribution >= 0.6 is 0 Å². The smallest absolute Gasteiger partial charge is 0.317 e. The van der Waals surface area contributed by atoms with E-state index in [4.69, 9.17) is 5.11 Å². The quantitative estimate of drug-likeness (QED) is 0.834. The molecule has 2 fully saturated rings. The maximum Gasteiger partial charge on any atom is 0.317 e. The Hall–Kier alpha value is -1.40. The van der Waals surface area contributed by atoms with E-state index in [-0.39, 0.29) is 31.3 Å². The number of aliphatic carboxylic acids is 1. The highest BCUT2D eigenvalue weighted by atomic mass is 19.3. The summed E-state index contributed by atoms with van der Waals surface area (Å²) in [5.74, 6) is -3.83. The molecule has 0 aromatic carbocycles. The second-order valence-corrected chi connectivity index (χ2v) is 5.76. The minimum absolute atomic E-state index is 0.0939. The third kappa shape index (κ3) is 3.80. The zero-order valence-electron chi connectivity index (χ0n) is 11.3. The van der Waals surface area contributed by atoms with Crippen molar-refractivity contribution in [2.24, 2.45) is 11.8 Å². The fourth-order valence-corrected chi connectivity index (χ4v) is 2.79. The number of carbonyl (C=O) groups excluding carboxylic acids is 1. The average molecular weight is 290 g/mol. The van der Waals surface area contributed by atoms with Crippen molar-refractivity contribution in [3.05, 3.63) is 0 Å². The number of carboxylic acid groups (broad SMARTS) is 1. The van der Waals surface area contributed by atoms with Gasteiger partial charge >= 0.3 is 12.0 Å². The zero-order chi connectivity index (χ0) is 14.8. The molecule has 0 aromatic rings. The summed E-state index contributed by atoms with van der Waals surface area (Å²) in [6.07, 6.45) is 1.09. The molecule has 0 spiro atoms. The minimum atomic E-state index is -2.55. The van der Waals surface area contributed by atoms with E-state index in [9.17, 15) is 18.4 Å². The molecule has 1 unspecified atom stereocenters. The summed E-state index contributed by atoms with van der Waals surface area (Å²) in [5.41, 5.74) is 0. The molecule has 2 N–H and O–H groups in total. The van der Waals surface area contributed by atoms with Crippen molar-refractivity contribution in [3.8, 4) is 0 Å². The first-order valence-corrected chi connectivity index (χ1v) is 7.01. The Bertz CT molecular complexity index is 380. The van der Waals surface area contributed by atoms with Gasteiger partial charge in [-0.05, 0) is 25.2 Å². The molecule has 1 aliphatic heterocycles. The molecule has 5 nitrogen and oxygen atoms in total. The molecule has 1 aliphatic carbocycles. The Morgan fingerprint density at radius 1 is 1.25 bits per heavy atom. The van der Waals surface area contributed by atoms with Gasteiger partial charge in [-0.15, -0.1) is 0 Å². The van der Waals surface area contributed by atoms with Crippen LogP contribution in [-0.4, -0.2) is 47.6 Å². The summed E-state index contributed by atoms with van der Waals surface area (Å²) >= 11 is 0. The lowest BCUT2D eigenvalue weighted by Crippen LogP contribution is -2.42. The van der Waals surface area contributed by atoms with Crippen LogP contribution in [0, 0.1) is 11.8 Å². The number of rotatable bonds is 3. The highest BCUT2D eigenvalue weighted by molar-refractivity contribution is 5.77. The van der Waals surface area contributed by atoms with Crippen LogP contribution in [0.4, 0.5) is 13.6 Å². The number of carbonyl (C=O) groups is 2. The van der Waals surface area contributed by atoms with Crippen molar-refractivity contribution in [3.63, 3.8) is 0 Å². The highest BCUT2D eigenvalue weighted by Gasteiger charge is 2.35. The Labute approximate surface area is 116 Å². The largest absolute Gasteiger partial charge is 0.481 e. The van der Waals surface area contributed by atoms with Gasteiger partial charge in [0.05, 0.1) is 5.92 Å². The summed E-state index contributed by atoms with van der Waals surface area (Å²) in [6.45, 7) is 1.05. The molecule has 1 heterocycles. The molecule has 114 valence electrons. The van der Waals surface area contributed by atoms with Gasteiger partial charge in [0.2, 0.25) is 5.92 Å². The number of alkyl halides is 2. The van der Waals surface area contributed by atoms with Crippen molar-refractivity contribution in [1.29, 1.82) is 0 Å². The van der Waals surface area contributed by atoms with Crippen LogP contribution in [0.3, 0.4) is 0 Å². The number of nitrogens with one attached hydrogen (secondary N) is 1. The topological polar surface area (TPSA) is 69.6 Å². The van der Waals surface area contributed by atoms with Crippen LogP contribution in [0.25, 0.3) is 0 Å². The van der Waals surface area contributed by atoms with Gasteiger partial charge in [-0.1, -0.05) is 0 Å². The van der Waals surface area contributed by atoms with E-state index in [1.54, 1.807) is 0 Å². The third-order valence-corrected chi connectivity index (χ3v) is 4.20. The van der Waals surface area contributed by atoms with E-state index in [1.807, 2.05) is 0 Å². The van der Waals surface area contributed by atoms with Crippen LogP contribution in [0.2, 0.25) is 0 Å². The summed E-state index contributed by atoms with van der Waals surface area (Å²) in [5, 5.41) is 11.6. The van der Waals surface area contributed by atoms with Crippen LogP contribution in [0.1, 0.15) is 32.1 Å². The molecule has 0 aromatic heterocycles. The number of carboxylic acids is 1.